The van der Waals surface area contributed by atoms with E-state index in [2.05, 4.69) is 5.32 Å². The molecule has 0 amide bonds. The molecule has 0 saturated heterocycles. The van der Waals surface area contributed by atoms with Gasteiger partial charge in [0, 0.05) is 6.04 Å². The van der Waals surface area contributed by atoms with Crippen molar-refractivity contribution >= 4 is 0 Å². The van der Waals surface area contributed by atoms with Gasteiger partial charge in [-0.2, -0.15) is 0 Å². The summed E-state index contributed by atoms with van der Waals surface area (Å²) in [7, 11) is 1.52. The number of ether oxygens (including phenoxy) is 1. The molecule has 4 nitrogen and oxygen atoms in total. The highest BCUT2D eigenvalue weighted by Crippen LogP contribution is 2.29. The molecule has 1 atom stereocenters. The Morgan fingerprint density at radius 2 is 2.11 bits per heavy atom. The first-order valence-electron chi connectivity index (χ1n) is 6.48. The number of methoxy groups -OCH3 is 1. The molecule has 3 N–H and O–H groups in total. The second kappa shape index (κ2) is 6.07. The second-order valence-corrected chi connectivity index (χ2v) is 4.81. The van der Waals surface area contributed by atoms with Gasteiger partial charge in [-0.15, -0.1) is 0 Å². The van der Waals surface area contributed by atoms with Gasteiger partial charge in [0.2, 0.25) is 0 Å². The van der Waals surface area contributed by atoms with E-state index in [1.54, 1.807) is 12.1 Å². The Labute approximate surface area is 108 Å². The number of phenolic OH excluding ortho intramolecular Hbond substituents is 1. The van der Waals surface area contributed by atoms with Gasteiger partial charge in [-0.05, 0) is 30.5 Å². The maximum Gasteiger partial charge on any atom is 0.160 e. The van der Waals surface area contributed by atoms with E-state index in [0.29, 0.717) is 11.8 Å². The van der Waals surface area contributed by atoms with E-state index in [4.69, 9.17) is 4.74 Å². The number of hydrogen-bond donors (Lipinski definition) is 3. The molecule has 0 aliphatic heterocycles. The quantitative estimate of drug-likeness (QED) is 0.748. The molecule has 4 heteroatoms. The summed E-state index contributed by atoms with van der Waals surface area (Å²) in [6.45, 7) is 0.0300. The van der Waals surface area contributed by atoms with Gasteiger partial charge in [0.15, 0.2) is 11.5 Å². The predicted molar refractivity (Wildman–Crippen MR) is 69.9 cm³/mol. The van der Waals surface area contributed by atoms with Crippen molar-refractivity contribution in [3.05, 3.63) is 23.8 Å². The first-order valence-corrected chi connectivity index (χ1v) is 6.48. The average Bonchev–Trinajstić information content (AvgIpc) is 2.88. The molecule has 1 fully saturated rings. The van der Waals surface area contributed by atoms with Gasteiger partial charge < -0.3 is 20.3 Å². The summed E-state index contributed by atoms with van der Waals surface area (Å²) in [5.41, 5.74) is 0.891. The zero-order valence-corrected chi connectivity index (χ0v) is 10.7. The van der Waals surface area contributed by atoms with Crippen LogP contribution in [0.4, 0.5) is 0 Å². The van der Waals surface area contributed by atoms with Crippen LogP contribution >= 0.6 is 0 Å². The number of aromatic hydroxyl groups is 1. The fourth-order valence-electron chi connectivity index (χ4n) is 2.56. The van der Waals surface area contributed by atoms with E-state index < -0.39 is 0 Å². The lowest BCUT2D eigenvalue weighted by molar-refractivity contribution is 0.232. The molecule has 1 aromatic rings. The molecule has 1 aliphatic rings. The third-order valence-electron chi connectivity index (χ3n) is 3.58. The first-order chi connectivity index (χ1) is 8.74. The molecule has 0 aromatic heterocycles. The highest BCUT2D eigenvalue weighted by molar-refractivity contribution is 5.42. The van der Waals surface area contributed by atoms with Crippen molar-refractivity contribution < 1.29 is 14.9 Å². The maximum atomic E-state index is 9.76. The summed E-state index contributed by atoms with van der Waals surface area (Å²) >= 11 is 0. The highest BCUT2D eigenvalue weighted by atomic mass is 16.5. The Bertz CT molecular complexity index is 389. The largest absolute Gasteiger partial charge is 0.504 e. The summed E-state index contributed by atoms with van der Waals surface area (Å²) in [6.07, 6.45) is 4.84. The van der Waals surface area contributed by atoms with Crippen molar-refractivity contribution in [2.45, 2.75) is 37.8 Å². The number of benzene rings is 1. The second-order valence-electron chi connectivity index (χ2n) is 4.81. The van der Waals surface area contributed by atoms with Gasteiger partial charge in [0.25, 0.3) is 0 Å². The number of aliphatic hydroxyl groups excluding tert-OH is 1. The summed E-state index contributed by atoms with van der Waals surface area (Å²) < 4.78 is 5.01. The van der Waals surface area contributed by atoms with Crippen LogP contribution in [0.25, 0.3) is 0 Å². The molecule has 18 heavy (non-hydrogen) atoms. The van der Waals surface area contributed by atoms with Crippen LogP contribution in [0.1, 0.15) is 37.3 Å². The van der Waals surface area contributed by atoms with E-state index in [9.17, 15) is 10.2 Å². The molecular formula is C14H21NO3. The number of rotatable bonds is 5. The first kappa shape index (κ1) is 13.2. The van der Waals surface area contributed by atoms with Crippen molar-refractivity contribution in [2.24, 2.45) is 0 Å². The van der Waals surface area contributed by atoms with Crippen molar-refractivity contribution in [1.82, 2.24) is 5.32 Å². The standard InChI is InChI=1S/C14H21NO3/c1-18-14-7-6-10(8-13(14)17)12(9-16)15-11-4-2-3-5-11/h6-8,11-12,15-17H,2-5,9H2,1H3. The third-order valence-corrected chi connectivity index (χ3v) is 3.58. The molecule has 0 radical (unpaired) electrons. The highest BCUT2D eigenvalue weighted by Gasteiger charge is 2.20. The Morgan fingerprint density at radius 3 is 2.67 bits per heavy atom. The van der Waals surface area contributed by atoms with Crippen LogP contribution in [0.3, 0.4) is 0 Å². The molecule has 1 unspecified atom stereocenters. The number of aliphatic hydroxyl groups is 1. The Morgan fingerprint density at radius 1 is 1.39 bits per heavy atom. The fourth-order valence-corrected chi connectivity index (χ4v) is 2.56. The van der Waals surface area contributed by atoms with Crippen LogP contribution in [-0.2, 0) is 0 Å². The molecule has 0 heterocycles. The minimum absolute atomic E-state index is 0.0300. The van der Waals surface area contributed by atoms with Crippen LogP contribution in [0.15, 0.2) is 18.2 Å². The minimum atomic E-state index is -0.120. The summed E-state index contributed by atoms with van der Waals surface area (Å²) in [6, 6.07) is 5.61. The van der Waals surface area contributed by atoms with Crippen molar-refractivity contribution in [2.75, 3.05) is 13.7 Å². The Balaban J connectivity index is 2.08. The zero-order valence-electron chi connectivity index (χ0n) is 10.7. The SMILES string of the molecule is COc1ccc(C(CO)NC2CCCC2)cc1O. The molecular weight excluding hydrogens is 230 g/mol. The van der Waals surface area contributed by atoms with Crippen LogP contribution in [0.5, 0.6) is 11.5 Å². The van der Waals surface area contributed by atoms with Crippen molar-refractivity contribution in [3.63, 3.8) is 0 Å². The van der Waals surface area contributed by atoms with E-state index in [1.807, 2.05) is 6.07 Å². The monoisotopic (exact) mass is 251 g/mol. The van der Waals surface area contributed by atoms with Crippen molar-refractivity contribution in [1.29, 1.82) is 0 Å². The Kier molecular flexibility index (Phi) is 4.44. The smallest absolute Gasteiger partial charge is 0.160 e. The van der Waals surface area contributed by atoms with Crippen LogP contribution in [-0.4, -0.2) is 30.0 Å². The minimum Gasteiger partial charge on any atom is -0.504 e. The van der Waals surface area contributed by atoms with Crippen LogP contribution < -0.4 is 10.1 Å². The molecule has 100 valence electrons. The predicted octanol–water partition coefficient (Wildman–Crippen LogP) is 1.97. The third kappa shape index (κ3) is 2.94. The fraction of sp³-hybridized carbons (Fsp3) is 0.571. The van der Waals surface area contributed by atoms with Gasteiger partial charge >= 0.3 is 0 Å². The normalized spacial score (nSPS) is 17.9. The summed E-state index contributed by atoms with van der Waals surface area (Å²) in [5, 5.41) is 22.7. The molecule has 2 rings (SSSR count). The average molecular weight is 251 g/mol. The lowest BCUT2D eigenvalue weighted by Gasteiger charge is -2.22. The number of nitrogens with one attached hydrogen (secondary N) is 1. The van der Waals surface area contributed by atoms with E-state index in [0.717, 1.165) is 5.56 Å². The van der Waals surface area contributed by atoms with E-state index >= 15 is 0 Å². The van der Waals surface area contributed by atoms with Gasteiger partial charge in [0.05, 0.1) is 19.8 Å². The van der Waals surface area contributed by atoms with Gasteiger partial charge in [-0.1, -0.05) is 18.9 Å². The van der Waals surface area contributed by atoms with E-state index in [-0.39, 0.29) is 18.4 Å². The summed E-state index contributed by atoms with van der Waals surface area (Å²) in [4.78, 5) is 0. The molecule has 1 saturated carbocycles. The lowest BCUT2D eigenvalue weighted by atomic mass is 10.1. The number of hydrogen-bond acceptors (Lipinski definition) is 4. The topological polar surface area (TPSA) is 61.7 Å². The van der Waals surface area contributed by atoms with Crippen LogP contribution in [0, 0.1) is 0 Å². The molecule has 0 spiro atoms. The molecule has 0 bridgehead atoms. The van der Waals surface area contributed by atoms with E-state index in [1.165, 1.54) is 32.8 Å². The van der Waals surface area contributed by atoms with Gasteiger partial charge in [-0.25, -0.2) is 0 Å². The van der Waals surface area contributed by atoms with Gasteiger partial charge in [0.1, 0.15) is 0 Å². The van der Waals surface area contributed by atoms with Gasteiger partial charge in [-0.3, -0.25) is 0 Å². The number of phenols is 1. The van der Waals surface area contributed by atoms with Crippen LogP contribution in [0.2, 0.25) is 0 Å². The zero-order chi connectivity index (χ0) is 13.0. The Hall–Kier alpha value is -1.26. The lowest BCUT2D eigenvalue weighted by Crippen LogP contribution is -2.32. The summed E-state index contributed by atoms with van der Waals surface area (Å²) in [5.74, 6) is 0.568. The molecule has 1 aromatic carbocycles. The maximum absolute atomic E-state index is 9.76. The van der Waals surface area contributed by atoms with Crippen molar-refractivity contribution in [3.8, 4) is 11.5 Å². The molecule has 1 aliphatic carbocycles.